The smallest absolute Gasteiger partial charge is 0.274 e. The van der Waals surface area contributed by atoms with Gasteiger partial charge in [0.2, 0.25) is 0 Å². The van der Waals surface area contributed by atoms with Gasteiger partial charge in [0, 0.05) is 24.2 Å². The van der Waals surface area contributed by atoms with Crippen molar-refractivity contribution in [3.05, 3.63) is 99.8 Å². The van der Waals surface area contributed by atoms with E-state index in [0.29, 0.717) is 35.4 Å². The van der Waals surface area contributed by atoms with Crippen LogP contribution in [0.25, 0.3) is 22.3 Å². The molecule has 0 radical (unpaired) electrons. The lowest BCUT2D eigenvalue weighted by atomic mass is 10.0. The maximum atomic E-state index is 12.9. The predicted octanol–water partition coefficient (Wildman–Crippen LogP) is 3.75. The van der Waals surface area contributed by atoms with Gasteiger partial charge < -0.3 is 9.88 Å². The first-order valence-electron chi connectivity index (χ1n) is 9.15. The van der Waals surface area contributed by atoms with Crippen LogP contribution in [0.5, 0.6) is 0 Å². The van der Waals surface area contributed by atoms with Gasteiger partial charge in [-0.1, -0.05) is 54.6 Å². The molecular weight excluding hydrogens is 350 g/mol. The number of fused-ring (bicyclic) bond motifs is 2. The third-order valence-electron chi connectivity index (χ3n) is 5.11. The van der Waals surface area contributed by atoms with E-state index in [1.165, 1.54) is 0 Å². The zero-order valence-corrected chi connectivity index (χ0v) is 15.1. The topological polar surface area (TPSA) is 66.1 Å². The monoisotopic (exact) mass is 367 g/mol. The van der Waals surface area contributed by atoms with Crippen LogP contribution in [0.4, 0.5) is 0 Å². The van der Waals surface area contributed by atoms with Crippen LogP contribution in [0.3, 0.4) is 0 Å². The summed E-state index contributed by atoms with van der Waals surface area (Å²) in [7, 11) is 0. The van der Waals surface area contributed by atoms with Gasteiger partial charge in [-0.2, -0.15) is 0 Å². The van der Waals surface area contributed by atoms with Gasteiger partial charge in [0.1, 0.15) is 5.69 Å². The first-order valence-corrected chi connectivity index (χ1v) is 9.15. The molecule has 1 aliphatic rings. The molecule has 0 atom stereocenters. The van der Waals surface area contributed by atoms with Gasteiger partial charge >= 0.3 is 0 Å². The van der Waals surface area contributed by atoms with E-state index >= 15 is 0 Å². The number of rotatable bonds is 3. The van der Waals surface area contributed by atoms with Crippen molar-refractivity contribution in [3.63, 3.8) is 0 Å². The Labute approximate surface area is 161 Å². The Morgan fingerprint density at radius 3 is 2.46 bits per heavy atom. The first-order chi connectivity index (χ1) is 13.7. The number of aromatic amines is 1. The third kappa shape index (κ3) is 2.68. The second-order valence-electron chi connectivity index (χ2n) is 6.91. The van der Waals surface area contributed by atoms with Gasteiger partial charge in [-0.15, -0.1) is 0 Å². The van der Waals surface area contributed by atoms with E-state index in [1.807, 2.05) is 72.8 Å². The summed E-state index contributed by atoms with van der Waals surface area (Å²) in [6, 6.07) is 22.8. The fourth-order valence-electron chi connectivity index (χ4n) is 3.76. The number of nitrogens with zero attached hydrogens (tertiary/aromatic N) is 2. The van der Waals surface area contributed by atoms with Gasteiger partial charge in [-0.3, -0.25) is 9.59 Å². The van der Waals surface area contributed by atoms with Crippen molar-refractivity contribution in [2.24, 2.45) is 0 Å². The molecule has 0 fully saturated rings. The summed E-state index contributed by atoms with van der Waals surface area (Å²) in [5.41, 5.74) is 4.82. The highest BCUT2D eigenvalue weighted by Crippen LogP contribution is 2.31. The molecule has 0 saturated heterocycles. The van der Waals surface area contributed by atoms with Gasteiger partial charge in [-0.05, 0) is 29.3 Å². The van der Waals surface area contributed by atoms with Crippen LogP contribution in [0.1, 0.15) is 21.5 Å². The van der Waals surface area contributed by atoms with Crippen LogP contribution >= 0.6 is 0 Å². The molecule has 0 spiro atoms. The Hall–Kier alpha value is -3.73. The molecule has 28 heavy (non-hydrogen) atoms. The molecule has 1 N–H and O–H groups in total. The highest BCUT2D eigenvalue weighted by atomic mass is 16.2. The SMILES string of the molecule is O=C1c2cccc(-c3nc4ccccc4[nH]c3=O)c2CN1Cc1ccccc1. The molecule has 0 unspecified atom stereocenters. The Bertz CT molecular complexity index is 1260. The molecule has 1 aliphatic heterocycles. The quantitative estimate of drug-likeness (QED) is 0.600. The fraction of sp³-hybridized carbons (Fsp3) is 0.0870. The van der Waals surface area contributed by atoms with Crippen molar-refractivity contribution < 1.29 is 4.79 Å². The van der Waals surface area contributed by atoms with E-state index in [9.17, 15) is 9.59 Å². The average Bonchev–Trinajstić information content (AvgIpc) is 3.04. The maximum absolute atomic E-state index is 12.9. The summed E-state index contributed by atoms with van der Waals surface area (Å²) < 4.78 is 0. The van der Waals surface area contributed by atoms with Crippen molar-refractivity contribution in [3.8, 4) is 11.3 Å². The molecule has 4 aromatic rings. The lowest BCUT2D eigenvalue weighted by Gasteiger charge is -2.15. The second-order valence-corrected chi connectivity index (χ2v) is 6.91. The molecule has 0 bridgehead atoms. The minimum Gasteiger partial charge on any atom is -0.330 e. The van der Waals surface area contributed by atoms with Gasteiger partial charge in [0.05, 0.1) is 11.0 Å². The third-order valence-corrected chi connectivity index (χ3v) is 5.11. The molecule has 5 rings (SSSR count). The van der Waals surface area contributed by atoms with E-state index in [0.717, 1.165) is 16.6 Å². The van der Waals surface area contributed by atoms with Crippen LogP contribution < -0.4 is 5.56 Å². The Kier molecular flexibility index (Phi) is 3.79. The van der Waals surface area contributed by atoms with E-state index in [1.54, 1.807) is 4.90 Å². The number of carbonyl (C=O) groups excluding carboxylic acids is 1. The van der Waals surface area contributed by atoms with E-state index in [4.69, 9.17) is 0 Å². The van der Waals surface area contributed by atoms with Crippen molar-refractivity contribution in [2.75, 3.05) is 0 Å². The number of hydrogen-bond acceptors (Lipinski definition) is 3. The lowest BCUT2D eigenvalue weighted by molar-refractivity contribution is 0.0767. The largest absolute Gasteiger partial charge is 0.330 e. The number of carbonyl (C=O) groups is 1. The van der Waals surface area contributed by atoms with Crippen molar-refractivity contribution in [2.45, 2.75) is 13.1 Å². The van der Waals surface area contributed by atoms with E-state index < -0.39 is 0 Å². The maximum Gasteiger partial charge on any atom is 0.274 e. The molecule has 5 heteroatoms. The first kappa shape index (κ1) is 16.4. The van der Waals surface area contributed by atoms with Crippen LogP contribution in [-0.2, 0) is 13.1 Å². The van der Waals surface area contributed by atoms with Crippen molar-refractivity contribution >= 4 is 16.9 Å². The number of nitrogens with one attached hydrogen (secondary N) is 1. The van der Waals surface area contributed by atoms with Crippen molar-refractivity contribution in [1.82, 2.24) is 14.9 Å². The average molecular weight is 367 g/mol. The second kappa shape index (κ2) is 6.46. The van der Waals surface area contributed by atoms with Crippen LogP contribution in [0.2, 0.25) is 0 Å². The fourth-order valence-corrected chi connectivity index (χ4v) is 3.76. The van der Waals surface area contributed by atoms with Crippen LogP contribution in [-0.4, -0.2) is 20.8 Å². The number of benzene rings is 3. The Balaban J connectivity index is 1.58. The molecular formula is C23H17N3O2. The molecule has 5 nitrogen and oxygen atoms in total. The summed E-state index contributed by atoms with van der Waals surface area (Å²) in [6.45, 7) is 1.00. The zero-order chi connectivity index (χ0) is 19.1. The summed E-state index contributed by atoms with van der Waals surface area (Å²) in [5.74, 6) is -0.0158. The molecule has 0 saturated carbocycles. The van der Waals surface area contributed by atoms with Crippen molar-refractivity contribution in [1.29, 1.82) is 0 Å². The minimum atomic E-state index is -0.249. The molecule has 1 amide bonds. The summed E-state index contributed by atoms with van der Waals surface area (Å²) in [6.07, 6.45) is 0. The molecule has 136 valence electrons. The van der Waals surface area contributed by atoms with Crippen LogP contribution in [0.15, 0.2) is 77.6 Å². The predicted molar refractivity (Wildman–Crippen MR) is 108 cm³/mol. The van der Waals surface area contributed by atoms with Gasteiger partial charge in [0.25, 0.3) is 11.5 Å². The summed E-state index contributed by atoms with van der Waals surface area (Å²) in [4.78, 5) is 34.9. The summed E-state index contributed by atoms with van der Waals surface area (Å²) >= 11 is 0. The van der Waals surface area contributed by atoms with E-state index in [2.05, 4.69) is 9.97 Å². The molecule has 1 aromatic heterocycles. The highest BCUT2D eigenvalue weighted by molar-refractivity contribution is 6.00. The standard InChI is InChI=1S/C23H17N3O2/c27-22-21(24-19-11-4-5-12-20(19)25-22)16-9-6-10-17-18(16)14-26(23(17)28)13-15-7-2-1-3-8-15/h1-12H,13-14H2,(H,25,27). The van der Waals surface area contributed by atoms with Crippen LogP contribution in [0, 0.1) is 0 Å². The van der Waals surface area contributed by atoms with E-state index in [-0.39, 0.29) is 11.5 Å². The Morgan fingerprint density at radius 1 is 0.857 bits per heavy atom. The zero-order valence-electron chi connectivity index (χ0n) is 15.1. The number of para-hydroxylation sites is 2. The Morgan fingerprint density at radius 2 is 1.61 bits per heavy atom. The number of aromatic nitrogens is 2. The molecule has 3 aromatic carbocycles. The number of H-pyrrole nitrogens is 1. The van der Waals surface area contributed by atoms with Gasteiger partial charge in [0.15, 0.2) is 0 Å². The number of hydrogen-bond donors (Lipinski definition) is 1. The number of amides is 1. The normalized spacial score (nSPS) is 13.1. The minimum absolute atomic E-state index is 0.0158. The van der Waals surface area contributed by atoms with Gasteiger partial charge in [-0.25, -0.2) is 4.98 Å². The lowest BCUT2D eigenvalue weighted by Crippen LogP contribution is -2.23. The molecule has 2 heterocycles. The summed E-state index contributed by atoms with van der Waals surface area (Å²) in [5, 5.41) is 0. The molecule has 0 aliphatic carbocycles. The highest BCUT2D eigenvalue weighted by Gasteiger charge is 2.30.